The van der Waals surface area contributed by atoms with Crippen LogP contribution in [0.3, 0.4) is 0 Å². The van der Waals surface area contributed by atoms with Gasteiger partial charge in [-0.25, -0.2) is 4.79 Å². The molecule has 0 saturated carbocycles. The van der Waals surface area contributed by atoms with Gasteiger partial charge in [0, 0.05) is 0 Å². The smallest absolute Gasteiger partial charge is 0.383 e. The van der Waals surface area contributed by atoms with Gasteiger partial charge in [-0.05, 0) is 30.7 Å². The predicted molar refractivity (Wildman–Crippen MR) is 44.7 cm³/mol. The van der Waals surface area contributed by atoms with Crippen LogP contribution in [0.1, 0.15) is 17.5 Å². The number of ether oxygens (including phenoxy) is 1. The minimum atomic E-state index is -0.937. The van der Waals surface area contributed by atoms with Crippen LogP contribution in [0.5, 0.6) is 0 Å². The van der Waals surface area contributed by atoms with E-state index >= 15 is 0 Å². The minimum absolute atomic E-state index is 0.0626. The average Bonchev–Trinajstić information content (AvgIpc) is 2.51. The van der Waals surface area contributed by atoms with Gasteiger partial charge in [0.05, 0.1) is 6.61 Å². The third kappa shape index (κ3) is 2.32. The Labute approximate surface area is 79.4 Å². The number of carbonyl (C=O) groups is 2. The molecule has 13 heavy (non-hydrogen) atoms. The van der Waals surface area contributed by atoms with E-state index in [1.165, 1.54) is 12.1 Å². The lowest BCUT2D eigenvalue weighted by Gasteiger charge is -1.96. The van der Waals surface area contributed by atoms with E-state index in [-0.39, 0.29) is 17.6 Å². The molecule has 0 aliphatic carbocycles. The van der Waals surface area contributed by atoms with Crippen molar-refractivity contribution < 1.29 is 18.7 Å². The summed E-state index contributed by atoms with van der Waals surface area (Å²) in [6, 6.07) is 2.70. The summed E-state index contributed by atoms with van der Waals surface area (Å²) in [5, 5.41) is 0.0626. The topological polar surface area (TPSA) is 56.5 Å². The van der Waals surface area contributed by atoms with E-state index in [0.29, 0.717) is 0 Å². The van der Waals surface area contributed by atoms with Crippen molar-refractivity contribution in [1.82, 2.24) is 0 Å². The van der Waals surface area contributed by atoms with E-state index in [2.05, 4.69) is 4.74 Å². The zero-order chi connectivity index (χ0) is 9.84. The highest BCUT2D eigenvalue weighted by atomic mass is 35.5. The fourth-order valence-electron chi connectivity index (χ4n) is 0.734. The summed E-state index contributed by atoms with van der Waals surface area (Å²) in [6.07, 6.45) is 0. The monoisotopic (exact) mass is 202 g/mol. The lowest BCUT2D eigenvalue weighted by molar-refractivity contribution is -0.137. The van der Waals surface area contributed by atoms with Crippen LogP contribution in [-0.2, 0) is 9.53 Å². The maximum atomic E-state index is 11.1. The second-order valence-corrected chi connectivity index (χ2v) is 2.53. The lowest BCUT2D eigenvalue weighted by atomic mass is 10.3. The van der Waals surface area contributed by atoms with Crippen molar-refractivity contribution in [2.24, 2.45) is 0 Å². The first-order valence-electron chi connectivity index (χ1n) is 3.62. The van der Waals surface area contributed by atoms with Crippen molar-refractivity contribution in [3.8, 4) is 0 Å². The number of Topliss-reactive ketones (excluding diaryl/α,β-unsaturated/α-hetero) is 1. The zero-order valence-corrected chi connectivity index (χ0v) is 7.63. The molecule has 4 nitrogen and oxygen atoms in total. The third-order valence-electron chi connectivity index (χ3n) is 1.26. The van der Waals surface area contributed by atoms with Gasteiger partial charge in [0.1, 0.15) is 0 Å². The number of rotatable bonds is 3. The van der Waals surface area contributed by atoms with Gasteiger partial charge in [0.2, 0.25) is 0 Å². The normalized spacial score (nSPS) is 9.69. The van der Waals surface area contributed by atoms with Crippen LogP contribution < -0.4 is 0 Å². The highest BCUT2D eigenvalue weighted by molar-refractivity contribution is 6.40. The highest BCUT2D eigenvalue weighted by Crippen LogP contribution is 2.13. The fraction of sp³-hybridized carbons (Fsp3) is 0.250. The maximum Gasteiger partial charge on any atom is 0.383 e. The summed E-state index contributed by atoms with van der Waals surface area (Å²) < 4.78 is 9.20. The number of ketones is 1. The molecule has 0 bridgehead atoms. The summed E-state index contributed by atoms with van der Waals surface area (Å²) >= 11 is 5.42. The van der Waals surface area contributed by atoms with Crippen LogP contribution in [0.4, 0.5) is 0 Å². The number of esters is 1. The van der Waals surface area contributed by atoms with E-state index in [1.54, 1.807) is 6.92 Å². The molecule has 0 atom stereocenters. The zero-order valence-electron chi connectivity index (χ0n) is 6.87. The minimum Gasteiger partial charge on any atom is -0.460 e. The van der Waals surface area contributed by atoms with Crippen molar-refractivity contribution >= 4 is 23.4 Å². The molecule has 0 fully saturated rings. The van der Waals surface area contributed by atoms with Gasteiger partial charge in [-0.2, -0.15) is 0 Å². The molecule has 0 radical (unpaired) electrons. The van der Waals surface area contributed by atoms with E-state index in [9.17, 15) is 9.59 Å². The molecule has 1 aromatic rings. The van der Waals surface area contributed by atoms with Crippen LogP contribution in [0.15, 0.2) is 16.5 Å². The molecule has 0 unspecified atom stereocenters. The number of hydrogen-bond donors (Lipinski definition) is 0. The van der Waals surface area contributed by atoms with Crippen LogP contribution in [-0.4, -0.2) is 18.4 Å². The Balaban J connectivity index is 2.73. The molecular formula is C8H7ClO4. The van der Waals surface area contributed by atoms with Gasteiger partial charge in [-0.15, -0.1) is 0 Å². The van der Waals surface area contributed by atoms with Gasteiger partial charge in [0.15, 0.2) is 11.0 Å². The summed E-state index contributed by atoms with van der Waals surface area (Å²) in [5.41, 5.74) is 0. The first-order chi connectivity index (χ1) is 6.15. The fourth-order valence-corrected chi connectivity index (χ4v) is 0.880. The SMILES string of the molecule is CCOC(=O)C(=O)c1ccc(Cl)o1. The molecule has 70 valence electrons. The molecule has 0 saturated heterocycles. The molecule has 1 rings (SSSR count). The quantitative estimate of drug-likeness (QED) is 0.425. The molecule has 0 aliphatic heterocycles. The number of carbonyl (C=O) groups excluding carboxylic acids is 2. The molecule has 1 aromatic heterocycles. The van der Waals surface area contributed by atoms with Crippen LogP contribution in [0, 0.1) is 0 Å². The van der Waals surface area contributed by atoms with Crippen molar-refractivity contribution in [2.45, 2.75) is 6.92 Å². The average molecular weight is 203 g/mol. The van der Waals surface area contributed by atoms with Gasteiger partial charge >= 0.3 is 11.8 Å². The molecule has 0 aromatic carbocycles. The van der Waals surface area contributed by atoms with Crippen molar-refractivity contribution in [3.63, 3.8) is 0 Å². The Hall–Kier alpha value is -1.29. The largest absolute Gasteiger partial charge is 0.460 e. The first-order valence-corrected chi connectivity index (χ1v) is 3.99. The van der Waals surface area contributed by atoms with Crippen molar-refractivity contribution in [3.05, 3.63) is 23.1 Å². The Kier molecular flexibility index (Phi) is 3.08. The second kappa shape index (κ2) is 4.09. The first kappa shape index (κ1) is 9.80. The Morgan fingerprint density at radius 1 is 1.54 bits per heavy atom. The Bertz CT molecular complexity index is 329. The van der Waals surface area contributed by atoms with Crippen LogP contribution in [0.25, 0.3) is 0 Å². The van der Waals surface area contributed by atoms with E-state index in [4.69, 9.17) is 16.0 Å². The molecule has 1 heterocycles. The molecule has 5 heteroatoms. The van der Waals surface area contributed by atoms with E-state index in [1.807, 2.05) is 0 Å². The summed E-state index contributed by atoms with van der Waals surface area (Å²) in [7, 11) is 0. The third-order valence-corrected chi connectivity index (χ3v) is 1.46. The lowest BCUT2D eigenvalue weighted by Crippen LogP contribution is -2.16. The van der Waals surface area contributed by atoms with Gasteiger partial charge < -0.3 is 9.15 Å². The van der Waals surface area contributed by atoms with E-state index in [0.717, 1.165) is 0 Å². The van der Waals surface area contributed by atoms with Gasteiger partial charge in [0.25, 0.3) is 0 Å². The predicted octanol–water partition coefficient (Wildman–Crippen LogP) is 1.68. The van der Waals surface area contributed by atoms with Crippen LogP contribution in [0.2, 0.25) is 5.22 Å². The summed E-state index contributed by atoms with van der Waals surface area (Å²) in [6.45, 7) is 1.76. The molecule has 0 aliphatic rings. The standard InChI is InChI=1S/C8H7ClO4/c1-2-12-8(11)7(10)5-3-4-6(9)13-5/h3-4H,2H2,1H3. The van der Waals surface area contributed by atoms with Crippen LogP contribution >= 0.6 is 11.6 Å². The van der Waals surface area contributed by atoms with E-state index < -0.39 is 11.8 Å². The van der Waals surface area contributed by atoms with Gasteiger partial charge in [-0.1, -0.05) is 0 Å². The second-order valence-electron chi connectivity index (χ2n) is 2.15. The maximum absolute atomic E-state index is 11.1. The molecule has 0 spiro atoms. The number of halogens is 1. The summed E-state index contributed by atoms with van der Waals surface area (Å²) in [5.74, 6) is -1.87. The molecular weight excluding hydrogens is 196 g/mol. The highest BCUT2D eigenvalue weighted by Gasteiger charge is 2.20. The number of hydrogen-bond acceptors (Lipinski definition) is 4. The number of furan rings is 1. The van der Waals surface area contributed by atoms with Crippen molar-refractivity contribution in [2.75, 3.05) is 6.61 Å². The summed E-state index contributed by atoms with van der Waals surface area (Å²) in [4.78, 5) is 22.0. The Morgan fingerprint density at radius 3 is 2.69 bits per heavy atom. The Morgan fingerprint density at radius 2 is 2.23 bits per heavy atom. The van der Waals surface area contributed by atoms with Gasteiger partial charge in [-0.3, -0.25) is 4.79 Å². The van der Waals surface area contributed by atoms with Crippen molar-refractivity contribution in [1.29, 1.82) is 0 Å². The molecule has 0 amide bonds. The molecule has 0 N–H and O–H groups in total.